The highest BCUT2D eigenvalue weighted by Crippen LogP contribution is 2.41. The van der Waals surface area contributed by atoms with Crippen LogP contribution in [-0.2, 0) is 0 Å². The molecule has 0 amide bonds. The topological polar surface area (TPSA) is 21.3 Å². The first-order valence-corrected chi connectivity index (χ1v) is 7.40. The predicted molar refractivity (Wildman–Crippen MR) is 79.0 cm³/mol. The number of rotatable bonds is 2. The molecular formula is C15H22BrNO. The summed E-state index contributed by atoms with van der Waals surface area (Å²) in [4.78, 5) is 0. The monoisotopic (exact) mass is 311 g/mol. The van der Waals surface area contributed by atoms with Gasteiger partial charge in [0.05, 0.1) is 0 Å². The van der Waals surface area contributed by atoms with E-state index in [1.165, 1.54) is 5.56 Å². The van der Waals surface area contributed by atoms with Crippen LogP contribution in [0, 0.1) is 5.41 Å². The molecule has 0 bridgehead atoms. The van der Waals surface area contributed by atoms with Gasteiger partial charge in [-0.25, -0.2) is 0 Å². The van der Waals surface area contributed by atoms with E-state index in [1.807, 2.05) is 0 Å². The van der Waals surface area contributed by atoms with Gasteiger partial charge in [0.15, 0.2) is 0 Å². The molecule has 18 heavy (non-hydrogen) atoms. The molecule has 1 N–H and O–H groups in total. The van der Waals surface area contributed by atoms with Crippen molar-refractivity contribution in [1.29, 1.82) is 0 Å². The van der Waals surface area contributed by atoms with Crippen molar-refractivity contribution in [3.8, 4) is 5.75 Å². The van der Waals surface area contributed by atoms with Crippen LogP contribution in [0.4, 0.5) is 0 Å². The van der Waals surface area contributed by atoms with Gasteiger partial charge in [0.1, 0.15) is 11.9 Å². The molecule has 1 aromatic carbocycles. The fourth-order valence-electron chi connectivity index (χ4n) is 2.41. The molecule has 0 saturated heterocycles. The summed E-state index contributed by atoms with van der Waals surface area (Å²) in [6.45, 7) is 9.86. The average Bonchev–Trinajstić information content (AvgIpc) is 2.27. The van der Waals surface area contributed by atoms with Gasteiger partial charge in [-0.3, -0.25) is 0 Å². The molecule has 0 spiro atoms. The molecule has 2 rings (SSSR count). The number of fused-ring (bicyclic) bond motifs is 1. The first-order chi connectivity index (χ1) is 8.41. The molecule has 1 aromatic rings. The van der Waals surface area contributed by atoms with Gasteiger partial charge in [-0.2, -0.15) is 0 Å². The van der Waals surface area contributed by atoms with E-state index in [0.29, 0.717) is 6.04 Å². The Balaban J connectivity index is 2.34. The summed E-state index contributed by atoms with van der Waals surface area (Å²) in [5.41, 5.74) is 1.44. The highest BCUT2D eigenvalue weighted by molar-refractivity contribution is 9.10. The van der Waals surface area contributed by atoms with Crippen molar-refractivity contribution in [2.45, 2.75) is 46.3 Å². The highest BCUT2D eigenvalue weighted by atomic mass is 79.9. The van der Waals surface area contributed by atoms with Gasteiger partial charge in [-0.1, -0.05) is 49.7 Å². The standard InChI is InChI=1S/C15H22BrNO/c1-5-17-12-9-14(15(2,3)4)18-13-8-10(16)6-7-11(12)13/h6-8,12,14,17H,5,9H2,1-4H3. The number of hydrogen-bond donors (Lipinski definition) is 1. The van der Waals surface area contributed by atoms with Gasteiger partial charge in [0.2, 0.25) is 0 Å². The Morgan fingerprint density at radius 3 is 2.72 bits per heavy atom. The van der Waals surface area contributed by atoms with E-state index in [-0.39, 0.29) is 11.5 Å². The molecule has 0 aromatic heterocycles. The van der Waals surface area contributed by atoms with Crippen molar-refractivity contribution in [2.24, 2.45) is 5.41 Å². The van der Waals surface area contributed by atoms with Crippen molar-refractivity contribution in [3.05, 3.63) is 28.2 Å². The first-order valence-electron chi connectivity index (χ1n) is 6.61. The Kier molecular flexibility index (Phi) is 4.02. The van der Waals surface area contributed by atoms with Gasteiger partial charge in [-0.05, 0) is 24.1 Å². The fourth-order valence-corrected chi connectivity index (χ4v) is 2.75. The van der Waals surface area contributed by atoms with Crippen molar-refractivity contribution in [1.82, 2.24) is 5.32 Å². The minimum Gasteiger partial charge on any atom is -0.489 e. The van der Waals surface area contributed by atoms with E-state index >= 15 is 0 Å². The maximum atomic E-state index is 6.18. The van der Waals surface area contributed by atoms with Gasteiger partial charge in [0.25, 0.3) is 0 Å². The zero-order valence-corrected chi connectivity index (χ0v) is 13.2. The normalized spacial score (nSPS) is 23.4. The van der Waals surface area contributed by atoms with E-state index in [2.05, 4.69) is 67.1 Å². The summed E-state index contributed by atoms with van der Waals surface area (Å²) in [6.07, 6.45) is 1.29. The summed E-state index contributed by atoms with van der Waals surface area (Å²) in [5, 5.41) is 3.57. The molecule has 1 aliphatic rings. The number of nitrogens with one attached hydrogen (secondary N) is 1. The van der Waals surface area contributed by atoms with Crippen LogP contribution >= 0.6 is 15.9 Å². The summed E-state index contributed by atoms with van der Waals surface area (Å²) < 4.78 is 7.26. The van der Waals surface area contributed by atoms with Gasteiger partial charge < -0.3 is 10.1 Å². The van der Waals surface area contributed by atoms with Crippen molar-refractivity contribution < 1.29 is 4.74 Å². The van der Waals surface area contributed by atoms with Crippen molar-refractivity contribution in [2.75, 3.05) is 6.54 Å². The zero-order chi connectivity index (χ0) is 13.3. The summed E-state index contributed by atoms with van der Waals surface area (Å²) >= 11 is 3.52. The first kappa shape index (κ1) is 13.9. The van der Waals surface area contributed by atoms with E-state index in [0.717, 1.165) is 23.2 Å². The number of ether oxygens (including phenoxy) is 1. The molecule has 0 radical (unpaired) electrons. The number of benzene rings is 1. The minimum absolute atomic E-state index is 0.160. The lowest BCUT2D eigenvalue weighted by molar-refractivity contribution is 0.0530. The lowest BCUT2D eigenvalue weighted by atomic mass is 9.82. The molecular weight excluding hydrogens is 290 g/mol. The van der Waals surface area contributed by atoms with E-state index in [9.17, 15) is 0 Å². The van der Waals surface area contributed by atoms with Crippen LogP contribution in [0.5, 0.6) is 5.75 Å². The lowest BCUT2D eigenvalue weighted by Gasteiger charge is -2.39. The van der Waals surface area contributed by atoms with Crippen molar-refractivity contribution in [3.63, 3.8) is 0 Å². The average molecular weight is 312 g/mol. The molecule has 3 heteroatoms. The highest BCUT2D eigenvalue weighted by Gasteiger charge is 2.35. The van der Waals surface area contributed by atoms with Crippen LogP contribution < -0.4 is 10.1 Å². The second-order valence-electron chi connectivity index (χ2n) is 6.00. The maximum absolute atomic E-state index is 6.18. The Morgan fingerprint density at radius 2 is 2.11 bits per heavy atom. The van der Waals surface area contributed by atoms with Gasteiger partial charge in [-0.15, -0.1) is 0 Å². The van der Waals surface area contributed by atoms with E-state index in [4.69, 9.17) is 4.74 Å². The van der Waals surface area contributed by atoms with Crippen LogP contribution in [-0.4, -0.2) is 12.6 Å². The third kappa shape index (κ3) is 2.89. The zero-order valence-electron chi connectivity index (χ0n) is 11.6. The van der Waals surface area contributed by atoms with Gasteiger partial charge >= 0.3 is 0 Å². The minimum atomic E-state index is 0.160. The Hall–Kier alpha value is -0.540. The second-order valence-corrected chi connectivity index (χ2v) is 6.92. The molecule has 2 nitrogen and oxygen atoms in total. The summed E-state index contributed by atoms with van der Waals surface area (Å²) in [5.74, 6) is 1.02. The molecule has 1 aliphatic heterocycles. The molecule has 100 valence electrons. The molecule has 0 aliphatic carbocycles. The molecule has 0 saturated carbocycles. The fraction of sp³-hybridized carbons (Fsp3) is 0.600. The van der Waals surface area contributed by atoms with E-state index < -0.39 is 0 Å². The predicted octanol–water partition coefficient (Wildman–Crippen LogP) is 4.30. The third-order valence-electron chi connectivity index (χ3n) is 3.49. The Bertz CT molecular complexity index is 425. The summed E-state index contributed by atoms with van der Waals surface area (Å²) in [7, 11) is 0. The number of hydrogen-bond acceptors (Lipinski definition) is 2. The maximum Gasteiger partial charge on any atom is 0.125 e. The Labute approximate surface area is 118 Å². The van der Waals surface area contributed by atoms with Crippen LogP contribution in [0.1, 0.15) is 45.7 Å². The molecule has 2 atom stereocenters. The third-order valence-corrected chi connectivity index (χ3v) is 3.98. The van der Waals surface area contributed by atoms with Crippen LogP contribution in [0.15, 0.2) is 22.7 Å². The lowest BCUT2D eigenvalue weighted by Crippen LogP contribution is -2.40. The Morgan fingerprint density at radius 1 is 1.39 bits per heavy atom. The SMILES string of the molecule is CCNC1CC(C(C)(C)C)Oc2cc(Br)ccc21. The largest absolute Gasteiger partial charge is 0.489 e. The summed E-state index contributed by atoms with van der Waals surface area (Å²) in [6, 6.07) is 6.73. The smallest absolute Gasteiger partial charge is 0.125 e. The van der Waals surface area contributed by atoms with Crippen LogP contribution in [0.25, 0.3) is 0 Å². The molecule has 1 heterocycles. The number of halogens is 1. The van der Waals surface area contributed by atoms with Crippen LogP contribution in [0.3, 0.4) is 0 Å². The van der Waals surface area contributed by atoms with E-state index in [1.54, 1.807) is 0 Å². The van der Waals surface area contributed by atoms with Crippen LogP contribution in [0.2, 0.25) is 0 Å². The second kappa shape index (κ2) is 5.22. The molecule has 0 fully saturated rings. The molecule has 2 unspecified atom stereocenters. The van der Waals surface area contributed by atoms with Crippen molar-refractivity contribution >= 4 is 15.9 Å². The quantitative estimate of drug-likeness (QED) is 0.879. The van der Waals surface area contributed by atoms with Gasteiger partial charge in [0, 0.05) is 22.5 Å².